The highest BCUT2D eigenvalue weighted by Gasteiger charge is 2.14. The number of hydrogen-bond acceptors (Lipinski definition) is 4. The van der Waals surface area contributed by atoms with Crippen LogP contribution in [0.2, 0.25) is 0 Å². The molecular formula is C19H15F4N3O2. The van der Waals surface area contributed by atoms with Crippen LogP contribution in [0.25, 0.3) is 0 Å². The molecule has 2 N–H and O–H groups in total. The quantitative estimate of drug-likeness (QED) is 0.515. The Kier molecular flexibility index (Phi) is 5.46. The molecular weight excluding hydrogens is 378 g/mol. The second-order valence-corrected chi connectivity index (χ2v) is 6.09. The Morgan fingerprint density at radius 2 is 1.79 bits per heavy atom. The Labute approximate surface area is 156 Å². The van der Waals surface area contributed by atoms with Crippen molar-refractivity contribution in [3.05, 3.63) is 86.8 Å². The summed E-state index contributed by atoms with van der Waals surface area (Å²) in [6, 6.07) is 6.57. The fourth-order valence-corrected chi connectivity index (χ4v) is 2.69. The minimum Gasteiger partial charge on any atom is -0.392 e. The molecule has 28 heavy (non-hydrogen) atoms. The highest BCUT2D eigenvalue weighted by Crippen LogP contribution is 2.23. The minimum absolute atomic E-state index is 0.00475. The molecule has 1 aromatic heterocycles. The molecule has 0 amide bonds. The molecule has 0 saturated heterocycles. The van der Waals surface area contributed by atoms with Crippen LogP contribution in [-0.2, 0) is 13.2 Å². The van der Waals surface area contributed by atoms with Gasteiger partial charge < -0.3 is 15.0 Å². The lowest BCUT2D eigenvalue weighted by molar-refractivity contribution is 0.281. The SMILES string of the molecule is Cc1c(CO)cccc1Nc1nc(=O)c(F)cn1Cc1cc(F)c(F)c(F)c1. The lowest BCUT2D eigenvalue weighted by Gasteiger charge is -2.16. The van der Waals surface area contributed by atoms with Gasteiger partial charge in [-0.2, -0.15) is 9.37 Å². The summed E-state index contributed by atoms with van der Waals surface area (Å²) in [5.74, 6) is -5.62. The number of halogens is 4. The number of aliphatic hydroxyl groups excluding tert-OH is 1. The smallest absolute Gasteiger partial charge is 0.310 e. The predicted octanol–water partition coefficient (Wildman–Crippen LogP) is 3.39. The van der Waals surface area contributed by atoms with E-state index in [1.807, 2.05) is 0 Å². The van der Waals surface area contributed by atoms with Gasteiger partial charge in [0.15, 0.2) is 17.5 Å². The van der Waals surface area contributed by atoms with Gasteiger partial charge in [-0.15, -0.1) is 0 Å². The van der Waals surface area contributed by atoms with Crippen molar-refractivity contribution in [2.24, 2.45) is 0 Å². The molecule has 0 aliphatic heterocycles. The molecule has 9 heteroatoms. The van der Waals surface area contributed by atoms with Crippen molar-refractivity contribution >= 4 is 11.6 Å². The van der Waals surface area contributed by atoms with Crippen molar-refractivity contribution in [1.29, 1.82) is 0 Å². The van der Waals surface area contributed by atoms with Crippen molar-refractivity contribution in [2.75, 3.05) is 5.32 Å². The predicted molar refractivity (Wildman–Crippen MR) is 94.3 cm³/mol. The number of benzene rings is 2. The van der Waals surface area contributed by atoms with E-state index in [0.717, 1.165) is 22.9 Å². The van der Waals surface area contributed by atoms with Crippen LogP contribution in [0.4, 0.5) is 29.2 Å². The van der Waals surface area contributed by atoms with Crippen molar-refractivity contribution in [3.63, 3.8) is 0 Å². The van der Waals surface area contributed by atoms with Crippen LogP contribution >= 0.6 is 0 Å². The molecule has 1 heterocycles. The molecule has 146 valence electrons. The summed E-state index contributed by atoms with van der Waals surface area (Å²) in [4.78, 5) is 15.3. The largest absolute Gasteiger partial charge is 0.392 e. The molecule has 0 unspecified atom stereocenters. The molecule has 0 radical (unpaired) electrons. The van der Waals surface area contributed by atoms with Crippen LogP contribution in [0.1, 0.15) is 16.7 Å². The van der Waals surface area contributed by atoms with Gasteiger partial charge >= 0.3 is 5.56 Å². The Balaban J connectivity index is 2.03. The topological polar surface area (TPSA) is 67.2 Å². The monoisotopic (exact) mass is 393 g/mol. The summed E-state index contributed by atoms with van der Waals surface area (Å²) in [6.07, 6.45) is 0.835. The summed E-state index contributed by atoms with van der Waals surface area (Å²) in [6.45, 7) is 1.24. The number of anilines is 2. The van der Waals surface area contributed by atoms with Crippen molar-refractivity contribution in [3.8, 4) is 0 Å². The molecule has 0 fully saturated rings. The number of aliphatic hydroxyl groups is 1. The molecule has 0 bridgehead atoms. The Bertz CT molecular complexity index is 1080. The van der Waals surface area contributed by atoms with Crippen LogP contribution in [0.5, 0.6) is 0 Å². The zero-order chi connectivity index (χ0) is 20.4. The first-order chi connectivity index (χ1) is 13.3. The summed E-state index contributed by atoms with van der Waals surface area (Å²) >= 11 is 0. The number of rotatable bonds is 5. The van der Waals surface area contributed by atoms with E-state index in [4.69, 9.17) is 0 Å². The van der Waals surface area contributed by atoms with E-state index in [1.165, 1.54) is 0 Å². The van der Waals surface area contributed by atoms with E-state index >= 15 is 0 Å². The van der Waals surface area contributed by atoms with Gasteiger partial charge in [-0.25, -0.2) is 13.2 Å². The van der Waals surface area contributed by atoms with E-state index in [0.29, 0.717) is 16.8 Å². The van der Waals surface area contributed by atoms with Crippen LogP contribution < -0.4 is 10.9 Å². The van der Waals surface area contributed by atoms with Gasteiger partial charge in [0.25, 0.3) is 0 Å². The third-order valence-electron chi connectivity index (χ3n) is 4.21. The Hall–Kier alpha value is -3.20. The van der Waals surface area contributed by atoms with Crippen molar-refractivity contribution < 1.29 is 22.7 Å². The maximum atomic E-state index is 13.8. The van der Waals surface area contributed by atoms with Crippen molar-refractivity contribution in [1.82, 2.24) is 9.55 Å². The first-order valence-electron chi connectivity index (χ1n) is 8.17. The average molecular weight is 393 g/mol. The van der Waals surface area contributed by atoms with Gasteiger partial charge in [0.2, 0.25) is 11.8 Å². The normalized spacial score (nSPS) is 10.9. The fraction of sp³-hybridized carbons (Fsp3) is 0.158. The standard InChI is InChI=1S/C19H15F4N3O2/c1-10-12(9-27)3-2-4-16(10)24-19-25-18(28)15(22)8-26(19)7-11-5-13(20)17(23)14(21)6-11/h2-6,8,27H,7,9H2,1H3,(H,24,25,28). The first kappa shape index (κ1) is 19.6. The van der Waals surface area contributed by atoms with E-state index < -0.39 is 28.8 Å². The molecule has 0 spiro atoms. The van der Waals surface area contributed by atoms with Crippen LogP contribution in [0.15, 0.2) is 41.3 Å². The average Bonchev–Trinajstić information content (AvgIpc) is 2.65. The number of nitrogens with zero attached hydrogens (tertiary/aromatic N) is 2. The lowest BCUT2D eigenvalue weighted by atomic mass is 10.1. The molecule has 3 rings (SSSR count). The molecule has 0 aliphatic carbocycles. The molecule has 2 aromatic carbocycles. The van der Waals surface area contributed by atoms with Gasteiger partial charge in [0.1, 0.15) is 0 Å². The highest BCUT2D eigenvalue weighted by atomic mass is 19.2. The zero-order valence-electron chi connectivity index (χ0n) is 14.6. The third kappa shape index (κ3) is 3.89. The number of nitrogens with one attached hydrogen (secondary N) is 1. The second-order valence-electron chi connectivity index (χ2n) is 6.09. The van der Waals surface area contributed by atoms with Gasteiger partial charge in [0, 0.05) is 11.9 Å². The summed E-state index contributed by atoms with van der Waals surface area (Å²) < 4.78 is 55.0. The lowest BCUT2D eigenvalue weighted by Crippen LogP contribution is -2.20. The first-order valence-corrected chi connectivity index (χ1v) is 8.17. The minimum atomic E-state index is -1.61. The summed E-state index contributed by atoms with van der Waals surface area (Å²) in [7, 11) is 0. The third-order valence-corrected chi connectivity index (χ3v) is 4.21. The fourth-order valence-electron chi connectivity index (χ4n) is 2.69. The number of hydrogen-bond donors (Lipinski definition) is 2. The van der Waals surface area contributed by atoms with Crippen LogP contribution in [0, 0.1) is 30.2 Å². The number of aromatic nitrogens is 2. The zero-order valence-corrected chi connectivity index (χ0v) is 14.6. The maximum absolute atomic E-state index is 13.8. The van der Waals surface area contributed by atoms with E-state index in [2.05, 4.69) is 10.3 Å². The molecule has 3 aromatic rings. The molecule has 0 aliphatic rings. The van der Waals surface area contributed by atoms with Crippen molar-refractivity contribution in [2.45, 2.75) is 20.1 Å². The van der Waals surface area contributed by atoms with Crippen LogP contribution in [-0.4, -0.2) is 14.7 Å². The van der Waals surface area contributed by atoms with E-state index in [1.54, 1.807) is 25.1 Å². The summed E-state index contributed by atoms with van der Waals surface area (Å²) in [5, 5.41) is 12.2. The second kappa shape index (κ2) is 7.81. The molecule has 0 atom stereocenters. The van der Waals surface area contributed by atoms with Gasteiger partial charge in [-0.05, 0) is 41.8 Å². The Morgan fingerprint density at radius 1 is 1.11 bits per heavy atom. The van der Waals surface area contributed by atoms with Gasteiger partial charge in [-0.1, -0.05) is 12.1 Å². The molecule has 0 saturated carbocycles. The molecule has 5 nitrogen and oxygen atoms in total. The summed E-state index contributed by atoms with van der Waals surface area (Å²) in [5.41, 5.74) is 0.685. The van der Waals surface area contributed by atoms with E-state index in [-0.39, 0.29) is 24.7 Å². The maximum Gasteiger partial charge on any atom is 0.310 e. The van der Waals surface area contributed by atoms with E-state index in [9.17, 15) is 27.5 Å². The van der Waals surface area contributed by atoms with Gasteiger partial charge in [-0.3, -0.25) is 4.79 Å². The van der Waals surface area contributed by atoms with Gasteiger partial charge in [0.05, 0.1) is 13.2 Å². The Morgan fingerprint density at radius 3 is 2.43 bits per heavy atom. The van der Waals surface area contributed by atoms with Crippen LogP contribution in [0.3, 0.4) is 0 Å². The highest BCUT2D eigenvalue weighted by molar-refractivity contribution is 5.60.